The lowest BCUT2D eigenvalue weighted by atomic mass is 10.2. The van der Waals surface area contributed by atoms with Crippen LogP contribution in [0.5, 0.6) is 0 Å². The van der Waals surface area contributed by atoms with Gasteiger partial charge in [0.1, 0.15) is 0 Å². The Morgan fingerprint density at radius 2 is 2.08 bits per heavy atom. The van der Waals surface area contributed by atoms with E-state index < -0.39 is 10.0 Å². The lowest BCUT2D eigenvalue weighted by molar-refractivity contribution is -0.121. The zero-order valence-corrected chi connectivity index (χ0v) is 17.5. The van der Waals surface area contributed by atoms with Gasteiger partial charge in [-0.3, -0.25) is 9.10 Å². The molecule has 1 aliphatic carbocycles. The van der Waals surface area contributed by atoms with Gasteiger partial charge in [0, 0.05) is 35.5 Å². The Morgan fingerprint density at radius 1 is 1.35 bits per heavy atom. The van der Waals surface area contributed by atoms with Crippen LogP contribution in [-0.2, 0) is 14.8 Å². The van der Waals surface area contributed by atoms with Crippen molar-refractivity contribution in [1.82, 2.24) is 5.32 Å². The van der Waals surface area contributed by atoms with E-state index in [2.05, 4.69) is 5.32 Å². The number of sulfonamides is 1. The predicted molar refractivity (Wildman–Crippen MR) is 111 cm³/mol. The van der Waals surface area contributed by atoms with Crippen molar-refractivity contribution in [3.05, 3.63) is 29.3 Å². The number of nitrogens with one attached hydrogen (secondary N) is 1. The zero-order valence-electron chi connectivity index (χ0n) is 15.1. The topological polar surface area (TPSA) is 66.5 Å². The lowest BCUT2D eigenvalue weighted by Crippen LogP contribution is -2.32. The standard InChI is InChI=1S/C18H27ClN2O3S2/c1-26(23,24)21(16-7-4-6-15(19)14-16)12-5-10-18(22)20-11-13-25-17-8-2-3-9-17/h4,6-7,14,17H,2-3,5,8-13H2,1H3,(H,20,22). The minimum absolute atomic E-state index is 0.0310. The Bertz CT molecular complexity index is 691. The van der Waals surface area contributed by atoms with Gasteiger partial charge in [-0.05, 0) is 37.5 Å². The van der Waals surface area contributed by atoms with Crippen molar-refractivity contribution >= 4 is 45.0 Å². The number of benzene rings is 1. The quantitative estimate of drug-likeness (QED) is 0.588. The summed E-state index contributed by atoms with van der Waals surface area (Å²) in [7, 11) is -3.42. The van der Waals surface area contributed by atoms with E-state index in [-0.39, 0.29) is 12.5 Å². The number of carbonyl (C=O) groups excluding carboxylic acids is 1. The van der Waals surface area contributed by atoms with Crippen LogP contribution in [0.3, 0.4) is 0 Å². The number of hydrogen-bond donors (Lipinski definition) is 1. The van der Waals surface area contributed by atoms with E-state index >= 15 is 0 Å². The average molecular weight is 419 g/mol. The third-order valence-corrected chi connectivity index (χ3v) is 7.15. The number of rotatable bonds is 10. The van der Waals surface area contributed by atoms with Crippen LogP contribution in [0, 0.1) is 0 Å². The van der Waals surface area contributed by atoms with E-state index in [4.69, 9.17) is 11.6 Å². The summed E-state index contributed by atoms with van der Waals surface area (Å²) in [6, 6.07) is 6.73. The molecule has 0 saturated heterocycles. The Balaban J connectivity index is 1.72. The first kappa shape index (κ1) is 21.4. The van der Waals surface area contributed by atoms with Crippen LogP contribution in [-0.4, -0.2) is 44.7 Å². The van der Waals surface area contributed by atoms with Crippen LogP contribution >= 0.6 is 23.4 Å². The monoisotopic (exact) mass is 418 g/mol. The van der Waals surface area contributed by atoms with Gasteiger partial charge in [0.25, 0.3) is 0 Å². The molecule has 0 spiro atoms. The molecule has 0 atom stereocenters. The largest absolute Gasteiger partial charge is 0.355 e. The molecule has 8 heteroatoms. The molecule has 2 rings (SSSR count). The second kappa shape index (κ2) is 10.4. The van der Waals surface area contributed by atoms with Gasteiger partial charge in [-0.2, -0.15) is 11.8 Å². The Morgan fingerprint density at radius 3 is 2.73 bits per heavy atom. The van der Waals surface area contributed by atoms with Crippen molar-refractivity contribution in [2.45, 2.75) is 43.8 Å². The molecule has 1 amide bonds. The first-order valence-corrected chi connectivity index (χ1v) is 12.3. The van der Waals surface area contributed by atoms with Gasteiger partial charge in [0.15, 0.2) is 0 Å². The van der Waals surface area contributed by atoms with Gasteiger partial charge in [-0.15, -0.1) is 0 Å². The lowest BCUT2D eigenvalue weighted by Gasteiger charge is -2.22. The molecule has 0 bridgehead atoms. The van der Waals surface area contributed by atoms with Gasteiger partial charge in [-0.25, -0.2) is 8.42 Å². The number of thioether (sulfide) groups is 1. The molecule has 1 fully saturated rings. The highest BCUT2D eigenvalue weighted by Gasteiger charge is 2.18. The molecule has 1 N–H and O–H groups in total. The Hall–Kier alpha value is -0.920. The Kier molecular flexibility index (Phi) is 8.57. The normalized spacial score (nSPS) is 15.2. The molecule has 1 aromatic rings. The summed E-state index contributed by atoms with van der Waals surface area (Å²) in [6.45, 7) is 0.924. The third kappa shape index (κ3) is 7.37. The minimum Gasteiger partial charge on any atom is -0.355 e. The maximum absolute atomic E-state index is 12.0. The molecule has 0 aromatic heterocycles. The number of amides is 1. The third-order valence-electron chi connectivity index (χ3n) is 4.34. The van der Waals surface area contributed by atoms with Crippen LogP contribution in [0.25, 0.3) is 0 Å². The summed E-state index contributed by atoms with van der Waals surface area (Å²) in [5.74, 6) is 0.908. The molecular formula is C18H27ClN2O3S2. The molecule has 146 valence electrons. The fraction of sp³-hybridized carbons (Fsp3) is 0.611. The Labute approximate surface area is 165 Å². The highest BCUT2D eigenvalue weighted by molar-refractivity contribution is 7.99. The number of hydrogen-bond acceptors (Lipinski definition) is 4. The van der Waals surface area contributed by atoms with E-state index in [0.29, 0.717) is 30.1 Å². The van der Waals surface area contributed by atoms with Crippen LogP contribution in [0.1, 0.15) is 38.5 Å². The number of carbonyl (C=O) groups is 1. The van der Waals surface area contributed by atoms with Crippen molar-refractivity contribution in [3.63, 3.8) is 0 Å². The summed E-state index contributed by atoms with van der Waals surface area (Å²) in [6.07, 6.45) is 7.17. The molecule has 0 unspecified atom stereocenters. The summed E-state index contributed by atoms with van der Waals surface area (Å²) in [5, 5.41) is 4.16. The van der Waals surface area contributed by atoms with Crippen LogP contribution < -0.4 is 9.62 Å². The molecule has 26 heavy (non-hydrogen) atoms. The maximum atomic E-state index is 12.0. The van der Waals surface area contributed by atoms with Crippen molar-refractivity contribution in [2.75, 3.05) is 29.4 Å². The minimum atomic E-state index is -3.42. The van der Waals surface area contributed by atoms with E-state index in [1.165, 1.54) is 30.0 Å². The van der Waals surface area contributed by atoms with Crippen LogP contribution in [0.4, 0.5) is 5.69 Å². The number of nitrogens with zero attached hydrogens (tertiary/aromatic N) is 1. The van der Waals surface area contributed by atoms with E-state index in [1.54, 1.807) is 24.3 Å². The van der Waals surface area contributed by atoms with Crippen molar-refractivity contribution in [3.8, 4) is 0 Å². The van der Waals surface area contributed by atoms with Gasteiger partial charge in [-0.1, -0.05) is 30.5 Å². The van der Waals surface area contributed by atoms with Gasteiger partial charge in [0.05, 0.1) is 11.9 Å². The molecule has 0 aliphatic heterocycles. The van der Waals surface area contributed by atoms with Crippen molar-refractivity contribution in [2.24, 2.45) is 0 Å². The fourth-order valence-corrected chi connectivity index (χ4v) is 5.42. The molecule has 0 radical (unpaired) electrons. The SMILES string of the molecule is CS(=O)(=O)N(CCCC(=O)NCCSC1CCCC1)c1cccc(Cl)c1. The zero-order chi connectivity index (χ0) is 19.0. The van der Waals surface area contributed by atoms with Gasteiger partial charge < -0.3 is 5.32 Å². The van der Waals surface area contributed by atoms with E-state index in [1.807, 2.05) is 11.8 Å². The van der Waals surface area contributed by atoms with Crippen LogP contribution in [0.2, 0.25) is 5.02 Å². The summed E-state index contributed by atoms with van der Waals surface area (Å²) in [4.78, 5) is 12.0. The maximum Gasteiger partial charge on any atom is 0.232 e. The molecule has 1 aromatic carbocycles. The van der Waals surface area contributed by atoms with Gasteiger partial charge >= 0.3 is 0 Å². The summed E-state index contributed by atoms with van der Waals surface area (Å²) in [5.41, 5.74) is 0.522. The first-order valence-electron chi connectivity index (χ1n) is 8.98. The van der Waals surface area contributed by atoms with Crippen LogP contribution in [0.15, 0.2) is 24.3 Å². The molecule has 0 heterocycles. The van der Waals surface area contributed by atoms with Gasteiger partial charge in [0.2, 0.25) is 15.9 Å². The number of halogens is 1. The second-order valence-electron chi connectivity index (χ2n) is 6.55. The van der Waals surface area contributed by atoms with E-state index in [9.17, 15) is 13.2 Å². The smallest absolute Gasteiger partial charge is 0.232 e. The highest BCUT2D eigenvalue weighted by Crippen LogP contribution is 2.28. The highest BCUT2D eigenvalue weighted by atomic mass is 35.5. The van der Waals surface area contributed by atoms with Crippen molar-refractivity contribution < 1.29 is 13.2 Å². The van der Waals surface area contributed by atoms with Crippen molar-refractivity contribution in [1.29, 1.82) is 0 Å². The summed E-state index contributed by atoms with van der Waals surface area (Å²) < 4.78 is 25.4. The molecule has 1 aliphatic rings. The predicted octanol–water partition coefficient (Wildman–Crippen LogP) is 3.68. The first-order chi connectivity index (χ1) is 12.4. The second-order valence-corrected chi connectivity index (χ2v) is 10.3. The molecule has 5 nitrogen and oxygen atoms in total. The average Bonchev–Trinajstić information content (AvgIpc) is 3.08. The number of anilines is 1. The summed E-state index contributed by atoms with van der Waals surface area (Å²) >= 11 is 7.90. The molecule has 1 saturated carbocycles. The van der Waals surface area contributed by atoms with E-state index in [0.717, 1.165) is 17.3 Å². The fourth-order valence-electron chi connectivity index (χ4n) is 3.06. The molecular weight excluding hydrogens is 392 g/mol.